The van der Waals surface area contributed by atoms with Crippen molar-refractivity contribution in [3.8, 4) is 0 Å². The molecule has 0 radical (unpaired) electrons. The summed E-state index contributed by atoms with van der Waals surface area (Å²) in [6.07, 6.45) is 5.41. The summed E-state index contributed by atoms with van der Waals surface area (Å²) in [4.78, 5) is 30.9. The van der Waals surface area contributed by atoms with E-state index in [0.717, 1.165) is 24.3 Å². The Morgan fingerprint density at radius 3 is 2.85 bits per heavy atom. The highest BCUT2D eigenvalue weighted by atomic mass is 32.1. The van der Waals surface area contributed by atoms with Gasteiger partial charge in [0, 0.05) is 11.6 Å². The normalized spacial score (nSPS) is 26.8. The number of carbonyl (C=O) groups excluding carboxylic acids is 2. The molecule has 1 aliphatic carbocycles. The number of hydrogen-bond acceptors (Lipinski definition) is 4. The zero-order valence-electron chi connectivity index (χ0n) is 11.5. The molecule has 3 rings (SSSR count). The van der Waals surface area contributed by atoms with E-state index in [4.69, 9.17) is 0 Å². The lowest BCUT2D eigenvalue weighted by atomic mass is 10.0. The van der Waals surface area contributed by atoms with E-state index in [1.165, 1.54) is 11.3 Å². The van der Waals surface area contributed by atoms with Gasteiger partial charge in [-0.25, -0.2) is 4.98 Å². The van der Waals surface area contributed by atoms with Gasteiger partial charge in [-0.15, -0.1) is 11.3 Å². The van der Waals surface area contributed by atoms with Gasteiger partial charge in [-0.3, -0.25) is 9.59 Å². The van der Waals surface area contributed by atoms with Crippen LogP contribution < -0.4 is 5.32 Å². The topological polar surface area (TPSA) is 62.3 Å². The summed E-state index contributed by atoms with van der Waals surface area (Å²) in [5.41, 5.74) is 0. The van der Waals surface area contributed by atoms with Crippen molar-refractivity contribution in [2.24, 2.45) is 5.92 Å². The molecule has 2 amide bonds. The Morgan fingerprint density at radius 2 is 2.25 bits per heavy atom. The molecule has 1 aliphatic heterocycles. The Bertz CT molecular complexity index is 499. The largest absolute Gasteiger partial charge is 0.342 e. The van der Waals surface area contributed by atoms with Gasteiger partial charge in [0.2, 0.25) is 11.8 Å². The highest BCUT2D eigenvalue weighted by molar-refractivity contribution is 7.09. The van der Waals surface area contributed by atoms with E-state index < -0.39 is 0 Å². The van der Waals surface area contributed by atoms with Crippen molar-refractivity contribution < 1.29 is 9.59 Å². The molecule has 1 saturated heterocycles. The van der Waals surface area contributed by atoms with Crippen molar-refractivity contribution in [2.75, 3.05) is 0 Å². The summed E-state index contributed by atoms with van der Waals surface area (Å²) in [6, 6.07) is -0.651. The van der Waals surface area contributed by atoms with Crippen LogP contribution in [0.5, 0.6) is 0 Å². The maximum absolute atomic E-state index is 12.6. The van der Waals surface area contributed by atoms with Gasteiger partial charge in [0.25, 0.3) is 0 Å². The predicted octanol–water partition coefficient (Wildman–Crippen LogP) is 1.55. The highest BCUT2D eigenvalue weighted by Gasteiger charge is 2.47. The third-order valence-electron chi connectivity index (χ3n) is 3.94. The molecule has 2 unspecified atom stereocenters. The first-order valence-corrected chi connectivity index (χ1v) is 8.08. The Labute approximate surface area is 122 Å². The summed E-state index contributed by atoms with van der Waals surface area (Å²) in [5.74, 6) is 0.405. The van der Waals surface area contributed by atoms with E-state index in [9.17, 15) is 9.59 Å². The van der Waals surface area contributed by atoms with Crippen LogP contribution >= 0.6 is 11.3 Å². The first-order valence-electron chi connectivity index (χ1n) is 7.20. The lowest BCUT2D eigenvalue weighted by molar-refractivity contribution is -0.151. The maximum atomic E-state index is 12.6. The molecular weight excluding hydrogens is 274 g/mol. The molecule has 2 aliphatic rings. The smallest absolute Gasteiger partial charge is 0.246 e. The minimum atomic E-state index is -0.359. The molecule has 2 atom stereocenters. The molecule has 108 valence electrons. The Balaban J connectivity index is 1.82. The fourth-order valence-electron chi connectivity index (χ4n) is 2.82. The standard InChI is InChI=1S/C14H19N3O2S/c1-2-3-10-14(19)17(8-11-15-6-7-20-11)12(9-4-5-9)13(18)16-10/h6-7,9-10,12H,2-5,8H2,1H3,(H,16,18). The quantitative estimate of drug-likeness (QED) is 0.896. The number of aromatic nitrogens is 1. The van der Waals surface area contributed by atoms with Crippen molar-refractivity contribution in [1.29, 1.82) is 0 Å². The fourth-order valence-corrected chi connectivity index (χ4v) is 3.43. The van der Waals surface area contributed by atoms with Crippen LogP contribution in [0.15, 0.2) is 11.6 Å². The van der Waals surface area contributed by atoms with Crippen LogP contribution in [0, 0.1) is 5.92 Å². The van der Waals surface area contributed by atoms with Crippen molar-refractivity contribution in [3.05, 3.63) is 16.6 Å². The fraction of sp³-hybridized carbons (Fsp3) is 0.643. The second-order valence-electron chi connectivity index (χ2n) is 5.52. The maximum Gasteiger partial charge on any atom is 0.246 e. The average molecular weight is 293 g/mol. The molecule has 0 aromatic carbocycles. The summed E-state index contributed by atoms with van der Waals surface area (Å²) in [7, 11) is 0. The lowest BCUT2D eigenvalue weighted by Crippen LogP contribution is -2.63. The molecular formula is C14H19N3O2S. The van der Waals surface area contributed by atoms with E-state index in [2.05, 4.69) is 10.3 Å². The molecule has 1 N–H and O–H groups in total. The Morgan fingerprint density at radius 1 is 1.45 bits per heavy atom. The zero-order chi connectivity index (χ0) is 14.1. The number of amides is 2. The van der Waals surface area contributed by atoms with Crippen molar-refractivity contribution in [3.63, 3.8) is 0 Å². The van der Waals surface area contributed by atoms with Crippen LogP contribution in [-0.4, -0.2) is 33.8 Å². The monoisotopic (exact) mass is 293 g/mol. The summed E-state index contributed by atoms with van der Waals surface area (Å²) < 4.78 is 0. The first-order chi connectivity index (χ1) is 9.70. The van der Waals surface area contributed by atoms with Gasteiger partial charge in [0.05, 0.1) is 6.54 Å². The second kappa shape index (κ2) is 5.52. The van der Waals surface area contributed by atoms with Gasteiger partial charge in [-0.1, -0.05) is 13.3 Å². The molecule has 20 heavy (non-hydrogen) atoms. The van der Waals surface area contributed by atoms with Crippen LogP contribution in [0.2, 0.25) is 0 Å². The lowest BCUT2D eigenvalue weighted by Gasteiger charge is -2.38. The van der Waals surface area contributed by atoms with E-state index >= 15 is 0 Å². The van der Waals surface area contributed by atoms with Gasteiger partial charge >= 0.3 is 0 Å². The van der Waals surface area contributed by atoms with Crippen LogP contribution in [0.3, 0.4) is 0 Å². The van der Waals surface area contributed by atoms with E-state index in [1.54, 1.807) is 11.1 Å². The number of nitrogens with zero attached hydrogens (tertiary/aromatic N) is 2. The molecule has 2 heterocycles. The third-order valence-corrected chi connectivity index (χ3v) is 4.70. The van der Waals surface area contributed by atoms with E-state index in [-0.39, 0.29) is 23.9 Å². The van der Waals surface area contributed by atoms with E-state index in [0.29, 0.717) is 18.9 Å². The molecule has 0 spiro atoms. The average Bonchev–Trinajstić information content (AvgIpc) is 3.12. The zero-order valence-corrected chi connectivity index (χ0v) is 12.4. The molecule has 1 aromatic rings. The van der Waals surface area contributed by atoms with Gasteiger partial charge < -0.3 is 10.2 Å². The predicted molar refractivity (Wildman–Crippen MR) is 76.0 cm³/mol. The van der Waals surface area contributed by atoms with Crippen LogP contribution in [0.1, 0.15) is 37.6 Å². The minimum Gasteiger partial charge on any atom is -0.342 e. The van der Waals surface area contributed by atoms with Crippen molar-refractivity contribution >= 4 is 23.2 Å². The Hall–Kier alpha value is -1.43. The van der Waals surface area contributed by atoms with Gasteiger partial charge in [-0.2, -0.15) is 0 Å². The number of carbonyl (C=O) groups is 2. The van der Waals surface area contributed by atoms with E-state index in [1.807, 2.05) is 12.3 Å². The number of rotatable bonds is 5. The SMILES string of the molecule is CCCC1NC(=O)C(C2CC2)N(Cc2nccs2)C1=O. The molecule has 1 saturated carbocycles. The van der Waals surface area contributed by atoms with Gasteiger partial charge in [0.1, 0.15) is 17.1 Å². The second-order valence-corrected chi connectivity index (χ2v) is 6.50. The molecule has 1 aromatic heterocycles. The molecule has 0 bridgehead atoms. The molecule has 5 nitrogen and oxygen atoms in total. The summed E-state index contributed by atoms with van der Waals surface area (Å²) in [6.45, 7) is 2.49. The van der Waals surface area contributed by atoms with Crippen molar-refractivity contribution in [2.45, 2.75) is 51.2 Å². The highest BCUT2D eigenvalue weighted by Crippen LogP contribution is 2.37. The Kier molecular flexibility index (Phi) is 3.74. The van der Waals surface area contributed by atoms with Crippen LogP contribution in [-0.2, 0) is 16.1 Å². The van der Waals surface area contributed by atoms with Gasteiger partial charge in [0.15, 0.2) is 0 Å². The number of piperazine rings is 1. The number of thiazole rings is 1. The summed E-state index contributed by atoms with van der Waals surface area (Å²) in [5, 5.41) is 5.70. The first kappa shape index (κ1) is 13.5. The third kappa shape index (κ3) is 2.57. The number of nitrogens with one attached hydrogen (secondary N) is 1. The van der Waals surface area contributed by atoms with Gasteiger partial charge in [-0.05, 0) is 25.2 Å². The number of hydrogen-bond donors (Lipinski definition) is 1. The molecule has 2 fully saturated rings. The van der Waals surface area contributed by atoms with Crippen molar-refractivity contribution in [1.82, 2.24) is 15.2 Å². The minimum absolute atomic E-state index is 0.0158. The van der Waals surface area contributed by atoms with Crippen LogP contribution in [0.4, 0.5) is 0 Å². The molecule has 6 heteroatoms. The van der Waals surface area contributed by atoms with Crippen LogP contribution in [0.25, 0.3) is 0 Å². The summed E-state index contributed by atoms with van der Waals surface area (Å²) >= 11 is 1.53.